The number of hydrogen-bond acceptors (Lipinski definition) is 2. The highest BCUT2D eigenvalue weighted by molar-refractivity contribution is 6.31. The maximum absolute atomic E-state index is 11.9. The molecule has 1 rings (SSSR count). The molecule has 1 aromatic rings. The van der Waals surface area contributed by atoms with Crippen molar-refractivity contribution in [2.45, 2.75) is 12.8 Å². The van der Waals surface area contributed by atoms with Gasteiger partial charge in [-0.05, 0) is 18.4 Å². The Labute approximate surface area is 85.6 Å². The van der Waals surface area contributed by atoms with Gasteiger partial charge in [-0.25, -0.2) is 0 Å². The molecule has 0 saturated heterocycles. The summed E-state index contributed by atoms with van der Waals surface area (Å²) in [5.41, 5.74) is 0.703. The number of hydrogen-bond donors (Lipinski definition) is 0. The van der Waals surface area contributed by atoms with Crippen molar-refractivity contribution in [3.8, 4) is 0 Å². The van der Waals surface area contributed by atoms with E-state index in [4.69, 9.17) is 11.6 Å². The van der Waals surface area contributed by atoms with Crippen LogP contribution in [0.4, 0.5) is 10.1 Å². The van der Waals surface area contributed by atoms with E-state index in [9.17, 15) is 14.5 Å². The molecule has 0 aliphatic rings. The Hall–Kier alpha value is -1.16. The van der Waals surface area contributed by atoms with Gasteiger partial charge in [-0.3, -0.25) is 14.5 Å². The molecule has 0 radical (unpaired) electrons. The third-order valence-corrected chi connectivity index (χ3v) is 2.18. The summed E-state index contributed by atoms with van der Waals surface area (Å²) in [5, 5.41) is 10.7. The van der Waals surface area contributed by atoms with Gasteiger partial charge in [0.2, 0.25) is 0 Å². The van der Waals surface area contributed by atoms with E-state index in [1.807, 2.05) is 0 Å². The van der Waals surface area contributed by atoms with Gasteiger partial charge in [-0.1, -0.05) is 17.7 Å². The van der Waals surface area contributed by atoms with Crippen LogP contribution in [0.2, 0.25) is 5.02 Å². The number of nitrogens with zero attached hydrogens (tertiary/aromatic N) is 1. The lowest BCUT2D eigenvalue weighted by Gasteiger charge is -2.01. The van der Waals surface area contributed by atoms with E-state index in [1.165, 1.54) is 12.1 Å². The number of benzene rings is 1. The third kappa shape index (κ3) is 2.67. The minimum Gasteiger partial charge on any atom is -0.258 e. The molecule has 1 aromatic carbocycles. The molecular formula is C9H9ClFNO2. The number of alkyl halides is 1. The first-order valence-corrected chi connectivity index (χ1v) is 4.51. The van der Waals surface area contributed by atoms with Crippen molar-refractivity contribution in [1.29, 1.82) is 0 Å². The summed E-state index contributed by atoms with van der Waals surface area (Å²) in [5.74, 6) is 0. The molecule has 0 amide bonds. The van der Waals surface area contributed by atoms with Crippen molar-refractivity contribution >= 4 is 17.3 Å². The molecule has 0 N–H and O–H groups in total. The van der Waals surface area contributed by atoms with Gasteiger partial charge in [0.15, 0.2) is 0 Å². The van der Waals surface area contributed by atoms with E-state index < -0.39 is 11.6 Å². The zero-order chi connectivity index (χ0) is 10.6. The second-order valence-electron chi connectivity index (χ2n) is 2.83. The average Bonchev–Trinajstić information content (AvgIpc) is 2.15. The maximum atomic E-state index is 11.9. The normalized spacial score (nSPS) is 10.1. The van der Waals surface area contributed by atoms with E-state index in [0.29, 0.717) is 17.9 Å². The van der Waals surface area contributed by atoms with Crippen molar-refractivity contribution in [2.75, 3.05) is 6.67 Å². The number of nitro groups is 1. The molecular weight excluding hydrogens is 209 g/mol. The van der Waals surface area contributed by atoms with Crippen LogP contribution >= 0.6 is 11.6 Å². The van der Waals surface area contributed by atoms with Gasteiger partial charge in [0.25, 0.3) is 5.69 Å². The van der Waals surface area contributed by atoms with Crippen molar-refractivity contribution < 1.29 is 9.31 Å². The van der Waals surface area contributed by atoms with E-state index in [1.54, 1.807) is 6.07 Å². The average molecular weight is 218 g/mol. The van der Waals surface area contributed by atoms with Crippen LogP contribution in [0.25, 0.3) is 0 Å². The first-order chi connectivity index (χ1) is 6.65. The van der Waals surface area contributed by atoms with Gasteiger partial charge in [0.05, 0.1) is 16.6 Å². The Morgan fingerprint density at radius 2 is 2.21 bits per heavy atom. The molecule has 0 aliphatic carbocycles. The molecule has 5 heteroatoms. The molecule has 76 valence electrons. The smallest absolute Gasteiger partial charge is 0.258 e. The van der Waals surface area contributed by atoms with Gasteiger partial charge in [0, 0.05) is 12.1 Å². The topological polar surface area (TPSA) is 43.1 Å². The SMILES string of the molecule is O=[N+]([O-])c1ccc(CCCF)c(Cl)c1. The summed E-state index contributed by atoms with van der Waals surface area (Å²) in [7, 11) is 0. The van der Waals surface area contributed by atoms with E-state index in [-0.39, 0.29) is 5.69 Å². The minimum absolute atomic E-state index is 0.0426. The standard InChI is InChI=1S/C9H9ClFNO2/c10-9-6-8(12(13)14)4-3-7(9)2-1-5-11/h3-4,6H,1-2,5H2. The van der Waals surface area contributed by atoms with Crippen LogP contribution in [-0.4, -0.2) is 11.6 Å². The number of aryl methyl sites for hydroxylation is 1. The van der Waals surface area contributed by atoms with Crippen molar-refractivity contribution in [3.05, 3.63) is 38.9 Å². The van der Waals surface area contributed by atoms with Crippen LogP contribution in [0, 0.1) is 10.1 Å². The fourth-order valence-corrected chi connectivity index (χ4v) is 1.38. The molecule has 0 fully saturated rings. The molecule has 0 aromatic heterocycles. The Bertz CT molecular complexity index is 344. The molecule has 0 heterocycles. The van der Waals surface area contributed by atoms with Crippen LogP contribution in [-0.2, 0) is 6.42 Å². The first kappa shape index (κ1) is 10.9. The second kappa shape index (κ2) is 4.91. The van der Waals surface area contributed by atoms with Gasteiger partial charge in [-0.2, -0.15) is 0 Å². The quantitative estimate of drug-likeness (QED) is 0.574. The fourth-order valence-electron chi connectivity index (χ4n) is 1.11. The molecule has 0 unspecified atom stereocenters. The van der Waals surface area contributed by atoms with Gasteiger partial charge in [-0.15, -0.1) is 0 Å². The number of halogens is 2. The Balaban J connectivity index is 2.84. The Kier molecular flexibility index (Phi) is 3.83. The van der Waals surface area contributed by atoms with Gasteiger partial charge < -0.3 is 0 Å². The van der Waals surface area contributed by atoms with Crippen LogP contribution in [0.5, 0.6) is 0 Å². The Morgan fingerprint density at radius 3 is 2.71 bits per heavy atom. The van der Waals surface area contributed by atoms with Crippen molar-refractivity contribution in [2.24, 2.45) is 0 Å². The summed E-state index contributed by atoms with van der Waals surface area (Å²) < 4.78 is 11.9. The molecule has 0 spiro atoms. The van der Waals surface area contributed by atoms with Gasteiger partial charge in [0.1, 0.15) is 0 Å². The molecule has 0 atom stereocenters. The highest BCUT2D eigenvalue weighted by atomic mass is 35.5. The molecule has 0 saturated carbocycles. The number of non-ortho nitro benzene ring substituents is 1. The van der Waals surface area contributed by atoms with Crippen molar-refractivity contribution in [3.63, 3.8) is 0 Å². The van der Waals surface area contributed by atoms with Crippen LogP contribution in [0.1, 0.15) is 12.0 Å². The van der Waals surface area contributed by atoms with Crippen LogP contribution in [0.15, 0.2) is 18.2 Å². The number of nitro benzene ring substituents is 1. The third-order valence-electron chi connectivity index (χ3n) is 1.83. The molecule has 0 bridgehead atoms. The predicted molar refractivity (Wildman–Crippen MR) is 52.4 cm³/mol. The summed E-state index contributed by atoms with van der Waals surface area (Å²) >= 11 is 5.78. The van der Waals surface area contributed by atoms with Gasteiger partial charge >= 0.3 is 0 Å². The lowest BCUT2D eigenvalue weighted by Crippen LogP contribution is -1.92. The summed E-state index contributed by atoms with van der Waals surface area (Å²) in [6.45, 7) is -0.409. The lowest BCUT2D eigenvalue weighted by molar-refractivity contribution is -0.384. The molecule has 3 nitrogen and oxygen atoms in total. The zero-order valence-corrected chi connectivity index (χ0v) is 8.13. The fraction of sp³-hybridized carbons (Fsp3) is 0.333. The highest BCUT2D eigenvalue weighted by Gasteiger charge is 2.08. The summed E-state index contributed by atoms with van der Waals surface area (Å²) in [6.07, 6.45) is 0.894. The minimum atomic E-state index is -0.509. The maximum Gasteiger partial charge on any atom is 0.270 e. The summed E-state index contributed by atoms with van der Waals surface area (Å²) in [4.78, 5) is 9.86. The molecule has 0 aliphatic heterocycles. The van der Waals surface area contributed by atoms with Crippen LogP contribution < -0.4 is 0 Å². The summed E-state index contributed by atoms with van der Waals surface area (Å²) in [6, 6.07) is 4.23. The van der Waals surface area contributed by atoms with Crippen molar-refractivity contribution in [1.82, 2.24) is 0 Å². The van der Waals surface area contributed by atoms with E-state index in [0.717, 1.165) is 5.56 Å². The van der Waals surface area contributed by atoms with E-state index >= 15 is 0 Å². The zero-order valence-electron chi connectivity index (χ0n) is 7.37. The highest BCUT2D eigenvalue weighted by Crippen LogP contribution is 2.23. The predicted octanol–water partition coefficient (Wildman–Crippen LogP) is 3.15. The van der Waals surface area contributed by atoms with E-state index in [2.05, 4.69) is 0 Å². The van der Waals surface area contributed by atoms with Crippen LogP contribution in [0.3, 0.4) is 0 Å². The monoisotopic (exact) mass is 217 g/mol. The largest absolute Gasteiger partial charge is 0.270 e. The number of rotatable bonds is 4. The first-order valence-electron chi connectivity index (χ1n) is 4.14. The lowest BCUT2D eigenvalue weighted by atomic mass is 10.1. The second-order valence-corrected chi connectivity index (χ2v) is 3.23. The Morgan fingerprint density at radius 1 is 1.50 bits per heavy atom. The molecule has 14 heavy (non-hydrogen) atoms.